The number of methoxy groups -OCH3 is 2. The van der Waals surface area contributed by atoms with Crippen LogP contribution in [-0.4, -0.2) is 36.1 Å². The number of rotatable bonds is 5. The number of amidine groups is 1. The minimum atomic E-state index is -0.646. The molecule has 0 fully saturated rings. The molecule has 2 aromatic carbocycles. The number of halogens is 1. The van der Waals surface area contributed by atoms with E-state index in [0.29, 0.717) is 49.3 Å². The molecular formula is C21H19ClN4O3S. The van der Waals surface area contributed by atoms with E-state index < -0.39 is 6.17 Å². The summed E-state index contributed by atoms with van der Waals surface area (Å²) in [7, 11) is 3.10. The Labute approximate surface area is 182 Å². The lowest BCUT2D eigenvalue weighted by Gasteiger charge is -2.34. The molecule has 2 heterocycles. The summed E-state index contributed by atoms with van der Waals surface area (Å²) in [6.07, 6.45) is 1.10. The van der Waals surface area contributed by atoms with E-state index in [0.717, 1.165) is 0 Å². The fourth-order valence-electron chi connectivity index (χ4n) is 3.30. The second-order valence-electron chi connectivity index (χ2n) is 6.40. The van der Waals surface area contributed by atoms with Gasteiger partial charge in [0.1, 0.15) is 5.70 Å². The summed E-state index contributed by atoms with van der Waals surface area (Å²) in [5.74, 6) is 1.38. The zero-order chi connectivity index (χ0) is 21.3. The number of hydrogen-bond donors (Lipinski definition) is 1. The summed E-state index contributed by atoms with van der Waals surface area (Å²) in [4.78, 5) is 17.9. The number of carbonyl (C=O) groups excluding carboxylic acids is 1. The van der Waals surface area contributed by atoms with Crippen molar-refractivity contribution < 1.29 is 14.3 Å². The number of hydrazone groups is 1. The quantitative estimate of drug-likeness (QED) is 0.720. The first kappa shape index (κ1) is 20.3. The molecule has 0 saturated carbocycles. The molecular weight excluding hydrogens is 424 g/mol. The normalized spacial score (nSPS) is 17.2. The van der Waals surface area contributed by atoms with E-state index in [4.69, 9.17) is 26.1 Å². The Hall–Kier alpha value is -2.97. The number of thioether (sulfide) groups is 1. The third kappa shape index (κ3) is 3.53. The molecule has 154 valence electrons. The van der Waals surface area contributed by atoms with Gasteiger partial charge >= 0.3 is 0 Å². The van der Waals surface area contributed by atoms with Crippen LogP contribution in [0.15, 0.2) is 59.1 Å². The molecule has 1 amide bonds. The standard InChI is InChI=1S/C21H19ClN4O3S/c1-4-9-30-21-24-20(27)18-12-7-5-6-8-15(12)23-19(26(18)25-21)13-10-16(28-2)17(29-3)11-14(13)22/h4-8,10-11,19H,1,9H2,2-3H3,(H,24,25,27)/t19-/m1/s1. The number of fused-ring (bicyclic) bond motifs is 2. The highest BCUT2D eigenvalue weighted by Crippen LogP contribution is 2.40. The van der Waals surface area contributed by atoms with Gasteiger partial charge in [0.15, 0.2) is 22.8 Å². The summed E-state index contributed by atoms with van der Waals surface area (Å²) in [6, 6.07) is 10.9. The highest BCUT2D eigenvalue weighted by Gasteiger charge is 2.35. The minimum absolute atomic E-state index is 0.250. The maximum Gasteiger partial charge on any atom is 0.276 e. The summed E-state index contributed by atoms with van der Waals surface area (Å²) < 4.78 is 10.8. The molecule has 0 aliphatic carbocycles. The number of nitrogens with one attached hydrogen (secondary N) is 1. The predicted molar refractivity (Wildman–Crippen MR) is 118 cm³/mol. The van der Waals surface area contributed by atoms with E-state index in [1.54, 1.807) is 37.4 Å². The smallest absolute Gasteiger partial charge is 0.276 e. The Morgan fingerprint density at radius 1 is 1.27 bits per heavy atom. The second-order valence-corrected chi connectivity index (χ2v) is 7.82. The Morgan fingerprint density at radius 3 is 2.73 bits per heavy atom. The van der Waals surface area contributed by atoms with Gasteiger partial charge in [0.05, 0.1) is 24.6 Å². The predicted octanol–water partition coefficient (Wildman–Crippen LogP) is 2.42. The van der Waals surface area contributed by atoms with E-state index in [1.165, 1.54) is 11.8 Å². The minimum Gasteiger partial charge on any atom is -0.493 e. The van der Waals surface area contributed by atoms with Crippen molar-refractivity contribution >= 4 is 40.1 Å². The van der Waals surface area contributed by atoms with Crippen molar-refractivity contribution in [2.75, 3.05) is 20.0 Å². The third-order valence-electron chi connectivity index (χ3n) is 4.63. The lowest BCUT2D eigenvalue weighted by atomic mass is 10.1. The molecule has 0 unspecified atom stereocenters. The van der Waals surface area contributed by atoms with Gasteiger partial charge in [-0.2, -0.15) is 0 Å². The molecule has 2 aromatic rings. The first-order valence-electron chi connectivity index (χ1n) is 9.09. The van der Waals surface area contributed by atoms with Crippen LogP contribution in [0.25, 0.3) is 5.70 Å². The zero-order valence-electron chi connectivity index (χ0n) is 16.4. The number of carbonyl (C=O) groups is 1. The molecule has 0 bridgehead atoms. The Kier molecular flexibility index (Phi) is 5.69. The van der Waals surface area contributed by atoms with Crippen molar-refractivity contribution in [1.29, 1.82) is 0 Å². The van der Waals surface area contributed by atoms with Gasteiger partial charge in [-0.15, -0.1) is 11.7 Å². The Morgan fingerprint density at radius 2 is 2.00 bits per heavy atom. The van der Waals surface area contributed by atoms with Crippen LogP contribution < -0.4 is 25.4 Å². The van der Waals surface area contributed by atoms with Crippen molar-refractivity contribution in [2.45, 2.75) is 6.17 Å². The third-order valence-corrected chi connectivity index (χ3v) is 5.82. The maximum absolute atomic E-state index is 13.0. The molecule has 7 nitrogen and oxygen atoms in total. The molecule has 2 aliphatic rings. The average Bonchev–Trinajstić information content (AvgIpc) is 2.76. The summed E-state index contributed by atoms with van der Waals surface area (Å²) in [5, 5.41) is 11.4. The average molecular weight is 443 g/mol. The number of hydrogen-bond acceptors (Lipinski definition) is 7. The monoisotopic (exact) mass is 442 g/mol. The molecule has 2 aliphatic heterocycles. The molecule has 0 radical (unpaired) electrons. The van der Waals surface area contributed by atoms with Crippen LogP contribution in [0.2, 0.25) is 5.02 Å². The van der Waals surface area contributed by atoms with Gasteiger partial charge in [-0.3, -0.25) is 15.1 Å². The number of benzene rings is 2. The molecule has 4 rings (SSSR count). The van der Waals surface area contributed by atoms with Gasteiger partial charge in [0.2, 0.25) is 0 Å². The van der Waals surface area contributed by atoms with Gasteiger partial charge in [0.25, 0.3) is 5.91 Å². The summed E-state index contributed by atoms with van der Waals surface area (Å²) in [5.41, 5.74) is 1.06. The van der Waals surface area contributed by atoms with Crippen LogP contribution in [0.1, 0.15) is 11.7 Å². The highest BCUT2D eigenvalue weighted by molar-refractivity contribution is 8.14. The van der Waals surface area contributed by atoms with Gasteiger partial charge in [-0.05, 0) is 12.1 Å². The number of ether oxygens (including phenoxy) is 2. The highest BCUT2D eigenvalue weighted by atomic mass is 35.5. The van der Waals surface area contributed by atoms with Crippen LogP contribution in [-0.2, 0) is 4.79 Å². The van der Waals surface area contributed by atoms with Crippen molar-refractivity contribution in [1.82, 2.24) is 10.3 Å². The fraction of sp³-hybridized carbons (Fsp3) is 0.190. The van der Waals surface area contributed by atoms with E-state index in [9.17, 15) is 4.79 Å². The lowest BCUT2D eigenvalue weighted by molar-refractivity contribution is -0.116. The molecule has 9 heteroatoms. The SMILES string of the molecule is C=CCSC1=NN2C(=c3ccccc3=N[C@H]2c2cc(OC)c(OC)cc2Cl)C(=O)N1. The number of nitrogens with zero attached hydrogens (tertiary/aromatic N) is 3. The summed E-state index contributed by atoms with van der Waals surface area (Å²) in [6.45, 7) is 3.72. The van der Waals surface area contributed by atoms with Crippen LogP contribution in [0.5, 0.6) is 11.5 Å². The van der Waals surface area contributed by atoms with Crippen molar-refractivity contribution in [3.63, 3.8) is 0 Å². The first-order valence-corrected chi connectivity index (χ1v) is 10.4. The fourth-order valence-corrected chi connectivity index (χ4v) is 4.14. The molecule has 0 spiro atoms. The molecule has 30 heavy (non-hydrogen) atoms. The van der Waals surface area contributed by atoms with Crippen LogP contribution in [0.3, 0.4) is 0 Å². The van der Waals surface area contributed by atoms with Gasteiger partial charge in [0, 0.05) is 22.6 Å². The zero-order valence-corrected chi connectivity index (χ0v) is 18.0. The van der Waals surface area contributed by atoms with E-state index in [2.05, 4.69) is 17.0 Å². The van der Waals surface area contributed by atoms with E-state index in [1.807, 2.05) is 24.3 Å². The van der Waals surface area contributed by atoms with Crippen molar-refractivity contribution in [3.05, 3.63) is 70.2 Å². The van der Waals surface area contributed by atoms with Crippen LogP contribution in [0.4, 0.5) is 0 Å². The maximum atomic E-state index is 13.0. The van der Waals surface area contributed by atoms with Gasteiger partial charge in [-0.25, -0.2) is 5.01 Å². The van der Waals surface area contributed by atoms with E-state index >= 15 is 0 Å². The largest absolute Gasteiger partial charge is 0.493 e. The second kappa shape index (κ2) is 8.41. The van der Waals surface area contributed by atoms with Crippen LogP contribution >= 0.6 is 23.4 Å². The lowest BCUT2D eigenvalue weighted by Crippen LogP contribution is -2.50. The van der Waals surface area contributed by atoms with Crippen LogP contribution in [0, 0.1) is 0 Å². The first-order chi connectivity index (χ1) is 14.6. The molecule has 0 aromatic heterocycles. The number of amides is 1. The Bertz CT molecular complexity index is 1180. The summed E-state index contributed by atoms with van der Waals surface area (Å²) >= 11 is 7.97. The molecule has 0 saturated heterocycles. The number of para-hydroxylation sites is 1. The van der Waals surface area contributed by atoms with Crippen molar-refractivity contribution in [2.24, 2.45) is 10.1 Å². The van der Waals surface area contributed by atoms with Gasteiger partial charge in [-0.1, -0.05) is 47.6 Å². The van der Waals surface area contributed by atoms with Gasteiger partial charge < -0.3 is 9.47 Å². The topological polar surface area (TPSA) is 75.5 Å². The Balaban J connectivity index is 1.93. The van der Waals surface area contributed by atoms with Crippen molar-refractivity contribution in [3.8, 4) is 11.5 Å². The molecule has 1 atom stereocenters. The van der Waals surface area contributed by atoms with E-state index in [-0.39, 0.29) is 5.91 Å². The molecule has 1 N–H and O–H groups in total.